The number of urea groups is 1. The maximum absolute atomic E-state index is 11.3. The summed E-state index contributed by atoms with van der Waals surface area (Å²) in [4.78, 5) is 23.9. The molecule has 1 saturated heterocycles. The summed E-state index contributed by atoms with van der Waals surface area (Å²) < 4.78 is 0. The van der Waals surface area contributed by atoms with Crippen molar-refractivity contribution >= 4 is 11.9 Å². The summed E-state index contributed by atoms with van der Waals surface area (Å²) in [6, 6.07) is -0.0843. The second-order valence-electron chi connectivity index (χ2n) is 2.92. The van der Waals surface area contributed by atoms with E-state index >= 15 is 0 Å². The van der Waals surface area contributed by atoms with Crippen molar-refractivity contribution in [2.24, 2.45) is 0 Å². The molecule has 5 heteroatoms. The number of nitrogens with zero attached hydrogens (tertiary/aromatic N) is 1. The summed E-state index contributed by atoms with van der Waals surface area (Å²) in [7, 11) is 0. The largest absolute Gasteiger partial charge is 0.354 e. The number of amides is 3. The average molecular weight is 185 g/mol. The van der Waals surface area contributed by atoms with Gasteiger partial charge in [0.2, 0.25) is 5.91 Å². The molecule has 0 spiro atoms. The molecule has 0 atom stereocenters. The number of hydrogen-bond donors (Lipinski definition) is 2. The van der Waals surface area contributed by atoms with E-state index in [9.17, 15) is 9.59 Å². The van der Waals surface area contributed by atoms with Crippen molar-refractivity contribution in [3.05, 3.63) is 0 Å². The molecule has 0 saturated carbocycles. The molecule has 0 aromatic heterocycles. The van der Waals surface area contributed by atoms with Gasteiger partial charge in [-0.15, -0.1) is 0 Å². The zero-order chi connectivity index (χ0) is 9.68. The van der Waals surface area contributed by atoms with Gasteiger partial charge in [-0.1, -0.05) is 0 Å². The molecule has 0 bridgehead atoms. The minimum Gasteiger partial charge on any atom is -0.354 e. The summed E-state index contributed by atoms with van der Waals surface area (Å²) in [5, 5.41) is 5.42. The van der Waals surface area contributed by atoms with E-state index in [-0.39, 0.29) is 11.9 Å². The Hall–Kier alpha value is -1.26. The maximum atomic E-state index is 11.3. The van der Waals surface area contributed by atoms with E-state index < -0.39 is 0 Å². The highest BCUT2D eigenvalue weighted by Crippen LogP contribution is 1.96. The van der Waals surface area contributed by atoms with E-state index in [4.69, 9.17) is 0 Å². The Morgan fingerprint density at radius 3 is 3.08 bits per heavy atom. The molecular weight excluding hydrogens is 170 g/mol. The van der Waals surface area contributed by atoms with Crippen LogP contribution in [0.1, 0.15) is 13.3 Å². The smallest absolute Gasteiger partial charge is 0.317 e. The molecule has 0 unspecified atom stereocenters. The van der Waals surface area contributed by atoms with E-state index in [1.165, 1.54) is 0 Å². The highest BCUT2D eigenvalue weighted by atomic mass is 16.2. The zero-order valence-corrected chi connectivity index (χ0v) is 7.80. The van der Waals surface area contributed by atoms with Crippen molar-refractivity contribution in [3.63, 3.8) is 0 Å². The van der Waals surface area contributed by atoms with Crippen molar-refractivity contribution in [3.8, 4) is 0 Å². The highest BCUT2D eigenvalue weighted by Gasteiger charge is 2.16. The SMILES string of the molecule is CCNC(=O)N1CCNC(=O)CC1. The maximum Gasteiger partial charge on any atom is 0.317 e. The van der Waals surface area contributed by atoms with Crippen molar-refractivity contribution < 1.29 is 9.59 Å². The van der Waals surface area contributed by atoms with E-state index in [0.29, 0.717) is 32.6 Å². The topological polar surface area (TPSA) is 61.4 Å². The van der Waals surface area contributed by atoms with Crippen LogP contribution in [0.4, 0.5) is 4.79 Å². The molecular formula is C8H15N3O2. The third-order valence-corrected chi connectivity index (χ3v) is 1.93. The quantitative estimate of drug-likeness (QED) is 0.580. The Morgan fingerprint density at radius 2 is 2.38 bits per heavy atom. The molecule has 1 aliphatic rings. The lowest BCUT2D eigenvalue weighted by Crippen LogP contribution is -2.41. The molecule has 0 radical (unpaired) electrons. The number of nitrogens with one attached hydrogen (secondary N) is 2. The number of rotatable bonds is 1. The van der Waals surface area contributed by atoms with Crippen LogP contribution in [0.2, 0.25) is 0 Å². The lowest BCUT2D eigenvalue weighted by atomic mass is 10.4. The average Bonchev–Trinajstić information content (AvgIpc) is 2.30. The normalized spacial score (nSPS) is 17.6. The summed E-state index contributed by atoms with van der Waals surface area (Å²) in [6.45, 7) is 4.15. The predicted octanol–water partition coefficient (Wildman–Crippen LogP) is -0.462. The van der Waals surface area contributed by atoms with Crippen LogP contribution >= 0.6 is 0 Å². The Kier molecular flexibility index (Phi) is 3.54. The van der Waals surface area contributed by atoms with Gasteiger partial charge in [0, 0.05) is 32.6 Å². The standard InChI is InChI=1S/C8H15N3O2/c1-2-9-8(13)11-5-3-7(12)10-4-6-11/h2-6H2,1H3,(H,9,13)(H,10,12). The predicted molar refractivity (Wildman–Crippen MR) is 48.3 cm³/mol. The summed E-state index contributed by atoms with van der Waals surface area (Å²) in [5.41, 5.74) is 0. The van der Waals surface area contributed by atoms with Crippen LogP contribution in [0.5, 0.6) is 0 Å². The molecule has 13 heavy (non-hydrogen) atoms. The first-order valence-electron chi connectivity index (χ1n) is 4.53. The van der Waals surface area contributed by atoms with Crippen molar-refractivity contribution in [2.75, 3.05) is 26.2 Å². The van der Waals surface area contributed by atoms with Gasteiger partial charge in [-0.3, -0.25) is 4.79 Å². The van der Waals surface area contributed by atoms with Crippen LogP contribution in [0, 0.1) is 0 Å². The van der Waals surface area contributed by atoms with Crippen LogP contribution in [0.25, 0.3) is 0 Å². The molecule has 0 aromatic rings. The van der Waals surface area contributed by atoms with Gasteiger partial charge in [-0.25, -0.2) is 4.79 Å². The Labute approximate surface area is 77.5 Å². The van der Waals surface area contributed by atoms with Crippen molar-refractivity contribution in [2.45, 2.75) is 13.3 Å². The first-order valence-corrected chi connectivity index (χ1v) is 4.53. The fourth-order valence-electron chi connectivity index (χ4n) is 1.23. The molecule has 1 fully saturated rings. The second kappa shape index (κ2) is 4.69. The Bertz CT molecular complexity index is 206. The molecule has 2 N–H and O–H groups in total. The molecule has 1 aliphatic heterocycles. The minimum absolute atomic E-state index is 0.0202. The Balaban J connectivity index is 2.41. The fourth-order valence-corrected chi connectivity index (χ4v) is 1.23. The molecule has 0 aliphatic carbocycles. The van der Waals surface area contributed by atoms with Gasteiger partial charge in [0.15, 0.2) is 0 Å². The van der Waals surface area contributed by atoms with Gasteiger partial charge >= 0.3 is 6.03 Å². The van der Waals surface area contributed by atoms with E-state index in [0.717, 1.165) is 0 Å². The minimum atomic E-state index is -0.0843. The summed E-state index contributed by atoms with van der Waals surface area (Å²) >= 11 is 0. The summed E-state index contributed by atoms with van der Waals surface area (Å²) in [6.07, 6.45) is 0.400. The van der Waals surface area contributed by atoms with E-state index in [1.54, 1.807) is 4.90 Å². The monoisotopic (exact) mass is 185 g/mol. The van der Waals surface area contributed by atoms with E-state index in [2.05, 4.69) is 10.6 Å². The fraction of sp³-hybridized carbons (Fsp3) is 0.750. The molecule has 5 nitrogen and oxygen atoms in total. The van der Waals surface area contributed by atoms with Crippen LogP contribution in [-0.2, 0) is 4.79 Å². The van der Waals surface area contributed by atoms with E-state index in [1.807, 2.05) is 6.92 Å². The first-order chi connectivity index (χ1) is 6.24. The van der Waals surface area contributed by atoms with Gasteiger partial charge in [0.1, 0.15) is 0 Å². The molecule has 1 heterocycles. The van der Waals surface area contributed by atoms with Crippen LogP contribution in [0.15, 0.2) is 0 Å². The van der Waals surface area contributed by atoms with Crippen LogP contribution in [-0.4, -0.2) is 43.0 Å². The van der Waals surface area contributed by atoms with Crippen LogP contribution < -0.4 is 10.6 Å². The lowest BCUT2D eigenvalue weighted by molar-refractivity contribution is -0.120. The van der Waals surface area contributed by atoms with Crippen molar-refractivity contribution in [1.29, 1.82) is 0 Å². The zero-order valence-electron chi connectivity index (χ0n) is 7.80. The molecule has 0 aromatic carbocycles. The van der Waals surface area contributed by atoms with Gasteiger partial charge in [0.25, 0.3) is 0 Å². The second-order valence-corrected chi connectivity index (χ2v) is 2.92. The summed E-state index contributed by atoms with van der Waals surface area (Å²) in [5.74, 6) is 0.0202. The van der Waals surface area contributed by atoms with Gasteiger partial charge in [-0.05, 0) is 6.92 Å². The third-order valence-electron chi connectivity index (χ3n) is 1.93. The Morgan fingerprint density at radius 1 is 1.62 bits per heavy atom. The van der Waals surface area contributed by atoms with Gasteiger partial charge < -0.3 is 15.5 Å². The van der Waals surface area contributed by atoms with Gasteiger partial charge in [-0.2, -0.15) is 0 Å². The van der Waals surface area contributed by atoms with Crippen molar-refractivity contribution in [1.82, 2.24) is 15.5 Å². The number of carbonyl (C=O) groups is 2. The number of carbonyl (C=O) groups excluding carboxylic acids is 2. The molecule has 74 valence electrons. The highest BCUT2D eigenvalue weighted by molar-refractivity contribution is 5.79. The number of hydrogen-bond acceptors (Lipinski definition) is 2. The third kappa shape index (κ3) is 2.93. The molecule has 3 amide bonds. The first kappa shape index (κ1) is 9.83. The molecule has 1 rings (SSSR count). The van der Waals surface area contributed by atoms with Crippen LogP contribution in [0.3, 0.4) is 0 Å². The lowest BCUT2D eigenvalue weighted by Gasteiger charge is -2.19. The van der Waals surface area contributed by atoms with Gasteiger partial charge in [0.05, 0.1) is 0 Å².